The van der Waals surface area contributed by atoms with Crippen molar-refractivity contribution in [2.45, 2.75) is 19.8 Å². The second-order valence-corrected chi connectivity index (χ2v) is 6.31. The lowest BCUT2D eigenvalue weighted by Gasteiger charge is -2.09. The number of carbonyl (C=O) groups excluding carboxylic acids is 1. The van der Waals surface area contributed by atoms with Crippen LogP contribution in [0.4, 0.5) is 5.69 Å². The van der Waals surface area contributed by atoms with Crippen LogP contribution in [0.25, 0.3) is 0 Å². The smallest absolute Gasteiger partial charge is 0.221 e. The van der Waals surface area contributed by atoms with E-state index in [9.17, 15) is 4.79 Å². The van der Waals surface area contributed by atoms with Gasteiger partial charge in [0.25, 0.3) is 0 Å². The molecule has 134 valence electrons. The monoisotopic (exact) mass is 380 g/mol. The number of amides is 1. The molecule has 0 aliphatic heterocycles. The Morgan fingerprint density at radius 3 is 2.52 bits per heavy atom. The van der Waals surface area contributed by atoms with Crippen LogP contribution in [0.2, 0.25) is 10.0 Å². The molecule has 0 fully saturated rings. The van der Waals surface area contributed by atoms with Gasteiger partial charge in [-0.15, -0.1) is 0 Å². The molecule has 0 radical (unpaired) electrons. The topological polar surface area (TPSA) is 50.4 Å². The van der Waals surface area contributed by atoms with Crippen molar-refractivity contribution in [3.63, 3.8) is 0 Å². The molecule has 0 bridgehead atoms. The van der Waals surface area contributed by atoms with Gasteiger partial charge in [-0.05, 0) is 55.3 Å². The van der Waals surface area contributed by atoms with Crippen molar-refractivity contribution in [3.8, 4) is 5.75 Å². The molecule has 2 aromatic rings. The minimum absolute atomic E-state index is 0.00326. The van der Waals surface area contributed by atoms with Crippen LogP contribution in [-0.2, 0) is 11.2 Å². The van der Waals surface area contributed by atoms with E-state index in [2.05, 4.69) is 10.6 Å². The van der Waals surface area contributed by atoms with E-state index in [1.807, 2.05) is 37.3 Å². The third-order valence-corrected chi connectivity index (χ3v) is 4.17. The predicted octanol–water partition coefficient (Wildman–Crippen LogP) is 4.55. The number of hydrogen-bond acceptors (Lipinski definition) is 3. The van der Waals surface area contributed by atoms with Crippen molar-refractivity contribution >= 4 is 34.8 Å². The second kappa shape index (κ2) is 10.2. The van der Waals surface area contributed by atoms with Crippen molar-refractivity contribution in [3.05, 3.63) is 58.1 Å². The first-order valence-electron chi connectivity index (χ1n) is 8.26. The summed E-state index contributed by atoms with van der Waals surface area (Å²) in [7, 11) is 0. The quantitative estimate of drug-likeness (QED) is 0.670. The average molecular weight is 381 g/mol. The van der Waals surface area contributed by atoms with Crippen LogP contribution < -0.4 is 15.4 Å². The average Bonchev–Trinajstić information content (AvgIpc) is 2.59. The van der Waals surface area contributed by atoms with E-state index in [0.29, 0.717) is 42.6 Å². The van der Waals surface area contributed by atoms with Crippen LogP contribution in [0.5, 0.6) is 5.75 Å². The Labute approximate surface area is 158 Å². The van der Waals surface area contributed by atoms with Crippen molar-refractivity contribution in [2.24, 2.45) is 0 Å². The first-order valence-corrected chi connectivity index (χ1v) is 9.01. The Bertz CT molecular complexity index is 690. The molecule has 0 aliphatic rings. The second-order valence-electron chi connectivity index (χ2n) is 5.47. The first-order chi connectivity index (χ1) is 12.1. The molecule has 0 spiro atoms. The zero-order chi connectivity index (χ0) is 18.1. The molecule has 0 saturated heterocycles. The third kappa shape index (κ3) is 6.85. The van der Waals surface area contributed by atoms with Crippen molar-refractivity contribution in [2.75, 3.05) is 25.0 Å². The van der Waals surface area contributed by atoms with Crippen LogP contribution in [0.3, 0.4) is 0 Å². The molecule has 4 nitrogen and oxygen atoms in total. The number of ether oxygens (including phenoxy) is 1. The molecule has 25 heavy (non-hydrogen) atoms. The highest BCUT2D eigenvalue weighted by Crippen LogP contribution is 2.21. The zero-order valence-corrected chi connectivity index (χ0v) is 15.7. The fraction of sp³-hybridized carbons (Fsp3) is 0.316. The Balaban J connectivity index is 1.65. The first kappa shape index (κ1) is 19.4. The number of carbonyl (C=O) groups is 1. The lowest BCUT2D eigenvalue weighted by Crippen LogP contribution is -2.27. The van der Waals surface area contributed by atoms with Gasteiger partial charge in [0.1, 0.15) is 5.75 Å². The summed E-state index contributed by atoms with van der Waals surface area (Å²) < 4.78 is 5.39. The third-order valence-electron chi connectivity index (χ3n) is 3.58. The maximum Gasteiger partial charge on any atom is 0.221 e. The maximum atomic E-state index is 11.9. The maximum absolute atomic E-state index is 11.9. The molecule has 2 N–H and O–H groups in total. The minimum Gasteiger partial charge on any atom is -0.494 e. The highest BCUT2D eigenvalue weighted by molar-refractivity contribution is 6.35. The lowest BCUT2D eigenvalue weighted by molar-refractivity contribution is -0.120. The molecule has 6 heteroatoms. The molecule has 0 atom stereocenters. The largest absolute Gasteiger partial charge is 0.494 e. The van der Waals surface area contributed by atoms with E-state index < -0.39 is 0 Å². The van der Waals surface area contributed by atoms with Crippen LogP contribution in [-0.4, -0.2) is 25.6 Å². The van der Waals surface area contributed by atoms with E-state index in [1.54, 1.807) is 12.1 Å². The molecule has 0 unspecified atom stereocenters. The molecule has 0 aliphatic carbocycles. The van der Waals surface area contributed by atoms with E-state index in [4.69, 9.17) is 27.9 Å². The van der Waals surface area contributed by atoms with Gasteiger partial charge in [0.15, 0.2) is 0 Å². The Kier molecular flexibility index (Phi) is 7.89. The fourth-order valence-electron chi connectivity index (χ4n) is 2.31. The summed E-state index contributed by atoms with van der Waals surface area (Å²) in [5, 5.41) is 7.34. The van der Waals surface area contributed by atoms with Gasteiger partial charge >= 0.3 is 0 Å². The van der Waals surface area contributed by atoms with Gasteiger partial charge in [0.05, 0.1) is 6.61 Å². The van der Waals surface area contributed by atoms with Crippen LogP contribution in [0, 0.1) is 0 Å². The van der Waals surface area contributed by atoms with Crippen molar-refractivity contribution < 1.29 is 9.53 Å². The summed E-state index contributed by atoms with van der Waals surface area (Å²) in [5.41, 5.74) is 1.93. The van der Waals surface area contributed by atoms with Crippen LogP contribution in [0.1, 0.15) is 18.9 Å². The van der Waals surface area contributed by atoms with E-state index in [0.717, 1.165) is 17.0 Å². The molecule has 0 heterocycles. The predicted molar refractivity (Wildman–Crippen MR) is 104 cm³/mol. The molecule has 2 rings (SSSR count). The van der Waals surface area contributed by atoms with Gasteiger partial charge in [0.2, 0.25) is 5.91 Å². The molecular weight excluding hydrogens is 359 g/mol. The molecular formula is C19H22Cl2N2O2. The summed E-state index contributed by atoms with van der Waals surface area (Å²) >= 11 is 12.0. The fourth-order valence-corrected chi connectivity index (χ4v) is 2.81. The van der Waals surface area contributed by atoms with E-state index in [-0.39, 0.29) is 5.91 Å². The number of anilines is 1. The standard InChI is InChI=1S/C19H22Cl2N2O2/c1-2-25-17-7-5-16(6-8-17)22-12-10-19(24)23-11-9-14-3-4-15(20)13-18(14)21/h3-8,13,22H,2,9-12H2,1H3,(H,23,24). The van der Waals surface area contributed by atoms with Crippen LogP contribution in [0.15, 0.2) is 42.5 Å². The van der Waals surface area contributed by atoms with Gasteiger partial charge in [-0.2, -0.15) is 0 Å². The Hall–Kier alpha value is -1.91. The number of rotatable bonds is 9. The molecule has 1 amide bonds. The van der Waals surface area contributed by atoms with Gasteiger partial charge in [-0.3, -0.25) is 4.79 Å². The highest BCUT2D eigenvalue weighted by Gasteiger charge is 2.04. The van der Waals surface area contributed by atoms with Gasteiger partial charge in [0, 0.05) is 35.2 Å². The summed E-state index contributed by atoms with van der Waals surface area (Å²) in [6.45, 7) is 3.71. The van der Waals surface area contributed by atoms with Gasteiger partial charge in [-0.25, -0.2) is 0 Å². The molecule has 0 saturated carbocycles. The zero-order valence-electron chi connectivity index (χ0n) is 14.1. The normalized spacial score (nSPS) is 10.4. The van der Waals surface area contributed by atoms with E-state index in [1.165, 1.54) is 0 Å². The Morgan fingerprint density at radius 1 is 1.08 bits per heavy atom. The van der Waals surface area contributed by atoms with Crippen molar-refractivity contribution in [1.82, 2.24) is 5.32 Å². The number of nitrogens with one attached hydrogen (secondary N) is 2. The highest BCUT2D eigenvalue weighted by atomic mass is 35.5. The van der Waals surface area contributed by atoms with Gasteiger partial charge in [-0.1, -0.05) is 29.3 Å². The lowest BCUT2D eigenvalue weighted by atomic mass is 10.1. The number of benzene rings is 2. The SMILES string of the molecule is CCOc1ccc(NCCC(=O)NCCc2ccc(Cl)cc2Cl)cc1. The Morgan fingerprint density at radius 2 is 1.84 bits per heavy atom. The van der Waals surface area contributed by atoms with E-state index >= 15 is 0 Å². The van der Waals surface area contributed by atoms with Gasteiger partial charge < -0.3 is 15.4 Å². The summed E-state index contributed by atoms with van der Waals surface area (Å²) in [5.74, 6) is 0.843. The minimum atomic E-state index is 0.00326. The summed E-state index contributed by atoms with van der Waals surface area (Å²) in [6, 6.07) is 13.1. The molecule has 2 aromatic carbocycles. The summed E-state index contributed by atoms with van der Waals surface area (Å²) in [4.78, 5) is 11.9. The number of halogens is 2. The molecule has 0 aromatic heterocycles. The summed E-state index contributed by atoms with van der Waals surface area (Å²) in [6.07, 6.45) is 1.08. The number of hydrogen-bond donors (Lipinski definition) is 2. The van der Waals surface area contributed by atoms with Crippen molar-refractivity contribution in [1.29, 1.82) is 0 Å². The van der Waals surface area contributed by atoms with Crippen LogP contribution >= 0.6 is 23.2 Å².